The third-order valence-electron chi connectivity index (χ3n) is 5.42. The number of fused-ring (bicyclic) bond motifs is 1. The first-order valence-electron chi connectivity index (χ1n) is 10.1. The van der Waals surface area contributed by atoms with Crippen LogP contribution in [-0.2, 0) is 4.79 Å². The van der Waals surface area contributed by atoms with Gasteiger partial charge in [0.15, 0.2) is 6.61 Å². The van der Waals surface area contributed by atoms with Crippen LogP contribution in [0.2, 0.25) is 0 Å². The molecule has 4 aromatic rings. The quantitative estimate of drug-likeness (QED) is 0.484. The number of amides is 1. The van der Waals surface area contributed by atoms with Crippen molar-refractivity contribution < 1.29 is 14.3 Å². The molecule has 0 bridgehead atoms. The van der Waals surface area contributed by atoms with Crippen molar-refractivity contribution in [2.24, 2.45) is 0 Å². The van der Waals surface area contributed by atoms with Gasteiger partial charge < -0.3 is 19.2 Å². The van der Waals surface area contributed by atoms with E-state index in [1.807, 2.05) is 86.0 Å². The molecule has 0 saturated heterocycles. The standard InChI is InChI=1S/C25H25N3O3/c1-16-6-5-7-22(17(16)2)31-15-24(29)26-20-10-13-23-27-25(18(3)28(23)14-20)19-8-11-21(30-4)12-9-19/h5-14H,15H2,1-4H3,(H,26,29). The Labute approximate surface area is 181 Å². The lowest BCUT2D eigenvalue weighted by atomic mass is 10.1. The number of anilines is 1. The number of hydrogen-bond acceptors (Lipinski definition) is 4. The van der Waals surface area contributed by atoms with Crippen LogP contribution in [0.3, 0.4) is 0 Å². The molecule has 0 atom stereocenters. The molecule has 4 rings (SSSR count). The van der Waals surface area contributed by atoms with Gasteiger partial charge in [0.1, 0.15) is 17.1 Å². The average Bonchev–Trinajstić information content (AvgIpc) is 3.11. The number of aryl methyl sites for hydroxylation is 2. The van der Waals surface area contributed by atoms with Crippen LogP contribution in [-0.4, -0.2) is 29.0 Å². The Morgan fingerprint density at radius 1 is 1.03 bits per heavy atom. The van der Waals surface area contributed by atoms with Gasteiger partial charge in [-0.25, -0.2) is 4.98 Å². The zero-order valence-corrected chi connectivity index (χ0v) is 18.1. The highest BCUT2D eigenvalue weighted by Crippen LogP contribution is 2.27. The van der Waals surface area contributed by atoms with Crippen LogP contribution in [0.15, 0.2) is 60.8 Å². The Hall–Kier alpha value is -3.80. The first kappa shape index (κ1) is 20.5. The molecule has 0 unspecified atom stereocenters. The van der Waals surface area contributed by atoms with E-state index in [9.17, 15) is 4.79 Å². The molecule has 0 aliphatic heterocycles. The SMILES string of the molecule is COc1ccc(-c2nc3ccc(NC(=O)COc4cccc(C)c4C)cn3c2C)cc1. The zero-order valence-electron chi connectivity index (χ0n) is 18.1. The summed E-state index contributed by atoms with van der Waals surface area (Å²) in [6.45, 7) is 5.96. The molecule has 31 heavy (non-hydrogen) atoms. The lowest BCUT2D eigenvalue weighted by Gasteiger charge is -2.11. The number of imidazole rings is 1. The fourth-order valence-corrected chi connectivity index (χ4v) is 3.48. The summed E-state index contributed by atoms with van der Waals surface area (Å²) >= 11 is 0. The van der Waals surface area contributed by atoms with Gasteiger partial charge in [-0.1, -0.05) is 12.1 Å². The zero-order chi connectivity index (χ0) is 22.0. The highest BCUT2D eigenvalue weighted by atomic mass is 16.5. The van der Waals surface area contributed by atoms with Gasteiger partial charge >= 0.3 is 0 Å². The van der Waals surface area contributed by atoms with Crippen molar-refractivity contribution >= 4 is 17.2 Å². The molecule has 0 aliphatic rings. The fourth-order valence-electron chi connectivity index (χ4n) is 3.48. The van der Waals surface area contributed by atoms with Gasteiger partial charge in [0, 0.05) is 17.5 Å². The minimum Gasteiger partial charge on any atom is -0.497 e. The first-order chi connectivity index (χ1) is 15.0. The summed E-state index contributed by atoms with van der Waals surface area (Å²) in [6.07, 6.45) is 1.88. The second-order valence-electron chi connectivity index (χ2n) is 7.46. The number of ether oxygens (including phenoxy) is 2. The molecule has 6 nitrogen and oxygen atoms in total. The summed E-state index contributed by atoms with van der Waals surface area (Å²) in [5.74, 6) is 1.31. The predicted molar refractivity (Wildman–Crippen MR) is 122 cm³/mol. The molecule has 2 aromatic carbocycles. The molecule has 0 radical (unpaired) electrons. The smallest absolute Gasteiger partial charge is 0.262 e. The fraction of sp³-hybridized carbons (Fsp3) is 0.200. The van der Waals surface area contributed by atoms with Crippen molar-refractivity contribution in [2.45, 2.75) is 20.8 Å². The van der Waals surface area contributed by atoms with Gasteiger partial charge in [0.2, 0.25) is 0 Å². The second-order valence-corrected chi connectivity index (χ2v) is 7.46. The van der Waals surface area contributed by atoms with Crippen molar-refractivity contribution in [3.63, 3.8) is 0 Å². The molecule has 1 N–H and O–H groups in total. The van der Waals surface area contributed by atoms with Crippen LogP contribution >= 0.6 is 0 Å². The van der Waals surface area contributed by atoms with Gasteiger partial charge in [-0.3, -0.25) is 4.79 Å². The van der Waals surface area contributed by atoms with E-state index < -0.39 is 0 Å². The number of methoxy groups -OCH3 is 1. The number of carbonyl (C=O) groups is 1. The lowest BCUT2D eigenvalue weighted by molar-refractivity contribution is -0.118. The predicted octanol–water partition coefficient (Wildman–Crippen LogP) is 4.95. The Morgan fingerprint density at radius 3 is 2.55 bits per heavy atom. The monoisotopic (exact) mass is 415 g/mol. The number of carbonyl (C=O) groups excluding carboxylic acids is 1. The van der Waals surface area contributed by atoms with Crippen molar-refractivity contribution in [3.8, 4) is 22.8 Å². The van der Waals surface area contributed by atoms with Crippen molar-refractivity contribution in [3.05, 3.63) is 77.6 Å². The van der Waals surface area contributed by atoms with Crippen LogP contribution < -0.4 is 14.8 Å². The van der Waals surface area contributed by atoms with Crippen LogP contribution in [0.5, 0.6) is 11.5 Å². The molecule has 158 valence electrons. The van der Waals surface area contributed by atoms with Crippen LogP contribution in [0.1, 0.15) is 16.8 Å². The highest BCUT2D eigenvalue weighted by Gasteiger charge is 2.12. The van der Waals surface area contributed by atoms with E-state index in [1.165, 1.54) is 0 Å². The minimum absolute atomic E-state index is 0.0532. The van der Waals surface area contributed by atoms with Gasteiger partial charge in [0.05, 0.1) is 18.5 Å². The molecule has 0 spiro atoms. The third-order valence-corrected chi connectivity index (χ3v) is 5.42. The van der Waals surface area contributed by atoms with Gasteiger partial charge in [-0.15, -0.1) is 0 Å². The van der Waals surface area contributed by atoms with E-state index in [0.717, 1.165) is 45.2 Å². The molecule has 6 heteroatoms. The molecule has 1 amide bonds. The molecule has 2 heterocycles. The third kappa shape index (κ3) is 4.23. The number of rotatable bonds is 6. The summed E-state index contributed by atoms with van der Waals surface area (Å²) in [4.78, 5) is 17.2. The van der Waals surface area contributed by atoms with Crippen molar-refractivity contribution in [2.75, 3.05) is 19.0 Å². The van der Waals surface area contributed by atoms with Crippen LogP contribution in [0.4, 0.5) is 5.69 Å². The molecular weight excluding hydrogens is 390 g/mol. The van der Waals surface area contributed by atoms with E-state index in [-0.39, 0.29) is 12.5 Å². The largest absolute Gasteiger partial charge is 0.497 e. The average molecular weight is 415 g/mol. The van der Waals surface area contributed by atoms with Gasteiger partial charge in [0.25, 0.3) is 5.91 Å². The summed E-state index contributed by atoms with van der Waals surface area (Å²) < 4.78 is 12.9. The van der Waals surface area contributed by atoms with Crippen LogP contribution in [0.25, 0.3) is 16.9 Å². The van der Waals surface area contributed by atoms with Gasteiger partial charge in [-0.2, -0.15) is 0 Å². The topological polar surface area (TPSA) is 64.9 Å². The lowest BCUT2D eigenvalue weighted by Crippen LogP contribution is -2.20. The maximum Gasteiger partial charge on any atom is 0.262 e. The first-order valence-corrected chi connectivity index (χ1v) is 10.1. The number of benzene rings is 2. The Morgan fingerprint density at radius 2 is 1.81 bits per heavy atom. The number of hydrogen-bond donors (Lipinski definition) is 1. The highest BCUT2D eigenvalue weighted by molar-refractivity contribution is 5.92. The number of pyridine rings is 1. The van der Waals surface area contributed by atoms with E-state index in [2.05, 4.69) is 5.32 Å². The maximum absolute atomic E-state index is 12.4. The minimum atomic E-state index is -0.214. The number of aromatic nitrogens is 2. The Kier molecular flexibility index (Phi) is 5.62. The summed E-state index contributed by atoms with van der Waals surface area (Å²) in [5.41, 5.74) is 6.56. The molecule has 2 aromatic heterocycles. The van der Waals surface area contributed by atoms with E-state index in [4.69, 9.17) is 14.5 Å². The molecule has 0 aliphatic carbocycles. The summed E-state index contributed by atoms with van der Waals surface area (Å²) in [5, 5.41) is 2.90. The molecule has 0 fully saturated rings. The van der Waals surface area contributed by atoms with Crippen LogP contribution in [0, 0.1) is 20.8 Å². The second kappa shape index (κ2) is 8.52. The maximum atomic E-state index is 12.4. The van der Waals surface area contributed by atoms with Crippen molar-refractivity contribution in [1.82, 2.24) is 9.38 Å². The van der Waals surface area contributed by atoms with Gasteiger partial charge in [-0.05, 0) is 74.4 Å². The van der Waals surface area contributed by atoms with E-state index in [1.54, 1.807) is 7.11 Å². The normalized spacial score (nSPS) is 10.8. The Balaban J connectivity index is 1.50. The van der Waals surface area contributed by atoms with E-state index in [0.29, 0.717) is 5.69 Å². The molecule has 0 saturated carbocycles. The molecular formula is C25H25N3O3. The summed E-state index contributed by atoms with van der Waals surface area (Å²) in [6, 6.07) is 17.4. The van der Waals surface area contributed by atoms with E-state index >= 15 is 0 Å². The number of nitrogens with zero attached hydrogens (tertiary/aromatic N) is 2. The summed E-state index contributed by atoms with van der Waals surface area (Å²) in [7, 11) is 1.65. The Bertz CT molecular complexity index is 1240. The number of nitrogens with one attached hydrogen (secondary N) is 1. The van der Waals surface area contributed by atoms with Crippen molar-refractivity contribution in [1.29, 1.82) is 0 Å².